The van der Waals surface area contributed by atoms with Crippen molar-refractivity contribution < 1.29 is 4.74 Å². The summed E-state index contributed by atoms with van der Waals surface area (Å²) < 4.78 is 5.05. The number of para-hydroxylation sites is 1. The van der Waals surface area contributed by atoms with Crippen molar-refractivity contribution >= 4 is 22.9 Å². The van der Waals surface area contributed by atoms with Gasteiger partial charge in [0.25, 0.3) is 0 Å². The fraction of sp³-hybridized carbons (Fsp3) is 0.500. The van der Waals surface area contributed by atoms with E-state index in [1.807, 2.05) is 12.1 Å². The average Bonchev–Trinajstić information content (AvgIpc) is 2.37. The number of methoxy groups -OCH3 is 1. The molecule has 0 bridgehead atoms. The van der Waals surface area contributed by atoms with Gasteiger partial charge in [-0.25, -0.2) is 0 Å². The highest BCUT2D eigenvalue weighted by molar-refractivity contribution is 7.80. The van der Waals surface area contributed by atoms with Gasteiger partial charge in [0.05, 0.1) is 6.61 Å². The Labute approximate surface area is 120 Å². The zero-order chi connectivity index (χ0) is 14.3. The second-order valence-electron chi connectivity index (χ2n) is 4.58. The lowest BCUT2D eigenvalue weighted by atomic mass is 10.1. The van der Waals surface area contributed by atoms with E-state index in [-0.39, 0.29) is 0 Å². The second-order valence-corrected chi connectivity index (χ2v) is 5.02. The Bertz CT molecular complexity index is 423. The lowest BCUT2D eigenvalue weighted by molar-refractivity contribution is 0.163. The van der Waals surface area contributed by atoms with Crippen LogP contribution in [0.1, 0.15) is 11.1 Å². The molecule has 1 aromatic rings. The van der Waals surface area contributed by atoms with Crippen LogP contribution in [0.4, 0.5) is 5.69 Å². The molecule has 0 heterocycles. The molecule has 19 heavy (non-hydrogen) atoms. The molecule has 0 saturated heterocycles. The predicted octanol–water partition coefficient (Wildman–Crippen LogP) is 1.62. The molecule has 0 saturated carbocycles. The summed E-state index contributed by atoms with van der Waals surface area (Å²) in [6.45, 7) is 5.51. The number of rotatable bonds is 8. The molecule has 0 spiro atoms. The van der Waals surface area contributed by atoms with Gasteiger partial charge >= 0.3 is 0 Å². The number of benzene rings is 1. The van der Waals surface area contributed by atoms with Crippen LogP contribution in [0.2, 0.25) is 0 Å². The van der Waals surface area contributed by atoms with E-state index in [0.717, 1.165) is 43.1 Å². The molecule has 0 radical (unpaired) electrons. The highest BCUT2D eigenvalue weighted by atomic mass is 32.1. The maximum atomic E-state index is 5.75. The molecule has 0 amide bonds. The third-order valence-corrected chi connectivity index (χ3v) is 3.23. The summed E-state index contributed by atoms with van der Waals surface area (Å²) in [6, 6.07) is 5.98. The molecule has 0 aromatic heterocycles. The first-order valence-corrected chi connectivity index (χ1v) is 6.78. The fourth-order valence-corrected chi connectivity index (χ4v) is 2.01. The molecule has 4 nitrogen and oxygen atoms in total. The Morgan fingerprint density at radius 1 is 1.42 bits per heavy atom. The largest absolute Gasteiger partial charge is 0.389 e. The number of anilines is 1. The van der Waals surface area contributed by atoms with Gasteiger partial charge in [-0.1, -0.05) is 24.4 Å². The van der Waals surface area contributed by atoms with Crippen molar-refractivity contribution in [3.63, 3.8) is 0 Å². The van der Waals surface area contributed by atoms with E-state index in [0.29, 0.717) is 4.99 Å². The molecule has 1 aromatic carbocycles. The standard InChI is InChI=1S/C14H23N3OS/c1-11-5-4-6-12(14(15)19)13(11)16-7-8-17(2)9-10-18-3/h4-6,16H,7-10H2,1-3H3,(H2,15,19). The minimum Gasteiger partial charge on any atom is -0.389 e. The predicted molar refractivity (Wildman–Crippen MR) is 84.9 cm³/mol. The molecule has 0 aliphatic rings. The number of likely N-dealkylation sites (N-methyl/N-ethyl adjacent to an activating group) is 1. The molecular weight excluding hydrogens is 258 g/mol. The van der Waals surface area contributed by atoms with Crippen LogP contribution in [0, 0.1) is 6.92 Å². The third-order valence-electron chi connectivity index (χ3n) is 3.01. The van der Waals surface area contributed by atoms with E-state index in [1.54, 1.807) is 7.11 Å². The van der Waals surface area contributed by atoms with Crippen LogP contribution in [0.25, 0.3) is 0 Å². The summed E-state index contributed by atoms with van der Waals surface area (Å²) >= 11 is 5.08. The average molecular weight is 281 g/mol. The highest BCUT2D eigenvalue weighted by Crippen LogP contribution is 2.20. The maximum absolute atomic E-state index is 5.75. The molecule has 0 aliphatic heterocycles. The van der Waals surface area contributed by atoms with Gasteiger partial charge in [0.15, 0.2) is 0 Å². The first-order chi connectivity index (χ1) is 9.06. The smallest absolute Gasteiger partial charge is 0.106 e. The van der Waals surface area contributed by atoms with Crippen molar-refractivity contribution in [1.82, 2.24) is 4.90 Å². The molecule has 0 fully saturated rings. The summed E-state index contributed by atoms with van der Waals surface area (Å²) in [5.74, 6) is 0. The number of aryl methyl sites for hydroxylation is 1. The summed E-state index contributed by atoms with van der Waals surface area (Å²) in [7, 11) is 3.79. The first-order valence-electron chi connectivity index (χ1n) is 6.37. The van der Waals surface area contributed by atoms with Crippen LogP contribution in [0.15, 0.2) is 18.2 Å². The number of hydrogen-bond acceptors (Lipinski definition) is 4. The molecule has 5 heteroatoms. The molecular formula is C14H23N3OS. The minimum absolute atomic E-state index is 0.430. The third kappa shape index (κ3) is 5.14. The lowest BCUT2D eigenvalue weighted by Gasteiger charge is -2.19. The van der Waals surface area contributed by atoms with Gasteiger partial charge in [-0.05, 0) is 25.6 Å². The van der Waals surface area contributed by atoms with E-state index in [2.05, 4.69) is 30.3 Å². The van der Waals surface area contributed by atoms with Gasteiger partial charge < -0.3 is 20.7 Å². The number of thiocarbonyl (C=S) groups is 1. The van der Waals surface area contributed by atoms with Crippen LogP contribution in [-0.2, 0) is 4.74 Å². The van der Waals surface area contributed by atoms with Gasteiger partial charge in [0.2, 0.25) is 0 Å². The zero-order valence-corrected chi connectivity index (χ0v) is 12.7. The topological polar surface area (TPSA) is 50.5 Å². The van der Waals surface area contributed by atoms with Crippen LogP contribution < -0.4 is 11.1 Å². The number of ether oxygens (including phenoxy) is 1. The normalized spacial score (nSPS) is 10.7. The van der Waals surface area contributed by atoms with Gasteiger partial charge in [-0.15, -0.1) is 0 Å². The first kappa shape index (κ1) is 15.9. The molecule has 0 aliphatic carbocycles. The Kier molecular flexibility index (Phi) is 6.77. The number of hydrogen-bond donors (Lipinski definition) is 2. The highest BCUT2D eigenvalue weighted by Gasteiger charge is 2.07. The van der Waals surface area contributed by atoms with E-state index < -0.39 is 0 Å². The zero-order valence-electron chi connectivity index (χ0n) is 11.9. The van der Waals surface area contributed by atoms with Gasteiger partial charge in [-0.3, -0.25) is 0 Å². The van der Waals surface area contributed by atoms with E-state index in [4.69, 9.17) is 22.7 Å². The SMILES string of the molecule is COCCN(C)CCNc1c(C)cccc1C(N)=S. The monoisotopic (exact) mass is 281 g/mol. The van der Waals surface area contributed by atoms with Gasteiger partial charge in [-0.2, -0.15) is 0 Å². The van der Waals surface area contributed by atoms with Crippen LogP contribution in [0.3, 0.4) is 0 Å². The minimum atomic E-state index is 0.430. The molecule has 0 atom stereocenters. The number of nitrogens with two attached hydrogens (primary N) is 1. The van der Waals surface area contributed by atoms with Crippen molar-refractivity contribution in [2.24, 2.45) is 5.73 Å². The Morgan fingerprint density at radius 3 is 2.79 bits per heavy atom. The Morgan fingerprint density at radius 2 is 2.16 bits per heavy atom. The van der Waals surface area contributed by atoms with Crippen molar-refractivity contribution in [2.75, 3.05) is 45.7 Å². The number of nitrogens with one attached hydrogen (secondary N) is 1. The van der Waals surface area contributed by atoms with E-state index in [1.165, 1.54) is 0 Å². The van der Waals surface area contributed by atoms with Crippen molar-refractivity contribution in [1.29, 1.82) is 0 Å². The van der Waals surface area contributed by atoms with Crippen molar-refractivity contribution in [3.05, 3.63) is 29.3 Å². The summed E-state index contributed by atoms with van der Waals surface area (Å²) in [5, 5.41) is 3.42. The molecule has 0 unspecified atom stereocenters. The quantitative estimate of drug-likeness (QED) is 0.709. The molecule has 106 valence electrons. The summed E-state index contributed by atoms with van der Waals surface area (Å²) in [5.41, 5.74) is 8.85. The van der Waals surface area contributed by atoms with Crippen LogP contribution in [-0.4, -0.2) is 50.3 Å². The van der Waals surface area contributed by atoms with Crippen LogP contribution in [0.5, 0.6) is 0 Å². The summed E-state index contributed by atoms with van der Waals surface area (Å²) in [4.78, 5) is 2.65. The fourth-order valence-electron chi connectivity index (χ4n) is 1.84. The second kappa shape index (κ2) is 8.09. The van der Waals surface area contributed by atoms with Crippen molar-refractivity contribution in [2.45, 2.75) is 6.92 Å². The number of nitrogens with zero attached hydrogens (tertiary/aromatic N) is 1. The Hall–Kier alpha value is -1.17. The summed E-state index contributed by atoms with van der Waals surface area (Å²) in [6.07, 6.45) is 0. The van der Waals surface area contributed by atoms with Crippen molar-refractivity contribution in [3.8, 4) is 0 Å². The van der Waals surface area contributed by atoms with E-state index in [9.17, 15) is 0 Å². The molecule has 3 N–H and O–H groups in total. The van der Waals surface area contributed by atoms with E-state index >= 15 is 0 Å². The Balaban J connectivity index is 2.55. The molecule has 1 rings (SSSR count). The van der Waals surface area contributed by atoms with Gasteiger partial charge in [0, 0.05) is 38.0 Å². The maximum Gasteiger partial charge on any atom is 0.106 e. The van der Waals surface area contributed by atoms with Gasteiger partial charge in [0.1, 0.15) is 4.99 Å². The van der Waals surface area contributed by atoms with Crippen LogP contribution >= 0.6 is 12.2 Å². The lowest BCUT2D eigenvalue weighted by Crippen LogP contribution is -2.28.